The zero-order valence-electron chi connectivity index (χ0n) is 16.7. The molecule has 0 saturated heterocycles. The molecule has 0 aliphatic carbocycles. The van der Waals surface area contributed by atoms with Crippen molar-refractivity contribution in [2.24, 2.45) is 0 Å². The molecule has 0 radical (unpaired) electrons. The Bertz CT molecular complexity index is 1270. The van der Waals surface area contributed by atoms with Crippen molar-refractivity contribution < 1.29 is 4.52 Å². The van der Waals surface area contributed by atoms with Crippen molar-refractivity contribution in [3.8, 4) is 11.1 Å². The summed E-state index contributed by atoms with van der Waals surface area (Å²) in [6, 6.07) is 12.5. The average molecular weight is 417 g/mol. The Balaban J connectivity index is 1.60. The molecule has 0 aliphatic rings. The Morgan fingerprint density at radius 2 is 2.00 bits per heavy atom. The molecular weight excluding hydrogens is 396 g/mol. The standard InChI is InChI=1S/C22H20N6OS/c1-14-20(15(2)29-27-14)17-10-18-21(24-11-17)26-22(25-12-19-23-8-9-30-19)28(18)13-16-6-4-3-5-7-16/h3-11H,12-13H2,1-2H3,(H,24,25,26). The van der Waals surface area contributed by atoms with E-state index in [4.69, 9.17) is 9.51 Å². The Morgan fingerprint density at radius 1 is 1.13 bits per heavy atom. The first-order chi connectivity index (χ1) is 14.7. The van der Waals surface area contributed by atoms with E-state index in [1.54, 1.807) is 11.3 Å². The van der Waals surface area contributed by atoms with Gasteiger partial charge in [-0.3, -0.25) is 0 Å². The minimum absolute atomic E-state index is 0.618. The number of aromatic nitrogens is 5. The lowest BCUT2D eigenvalue weighted by Gasteiger charge is -2.11. The van der Waals surface area contributed by atoms with Crippen molar-refractivity contribution >= 4 is 28.4 Å². The summed E-state index contributed by atoms with van der Waals surface area (Å²) in [4.78, 5) is 13.7. The highest BCUT2D eigenvalue weighted by molar-refractivity contribution is 7.09. The number of imidazole rings is 1. The van der Waals surface area contributed by atoms with E-state index < -0.39 is 0 Å². The molecule has 5 rings (SSSR count). The van der Waals surface area contributed by atoms with E-state index in [0.717, 1.165) is 39.1 Å². The summed E-state index contributed by atoms with van der Waals surface area (Å²) in [5.74, 6) is 1.55. The number of fused-ring (bicyclic) bond motifs is 1. The van der Waals surface area contributed by atoms with E-state index >= 15 is 0 Å². The van der Waals surface area contributed by atoms with Crippen LogP contribution < -0.4 is 5.32 Å². The van der Waals surface area contributed by atoms with Crippen molar-refractivity contribution in [3.63, 3.8) is 0 Å². The molecule has 7 nitrogen and oxygen atoms in total. The van der Waals surface area contributed by atoms with E-state index in [1.165, 1.54) is 5.56 Å². The lowest BCUT2D eigenvalue weighted by molar-refractivity contribution is 0.393. The predicted octanol–water partition coefficient (Wildman–Crippen LogP) is 4.82. The van der Waals surface area contributed by atoms with Gasteiger partial charge in [0.2, 0.25) is 5.95 Å². The van der Waals surface area contributed by atoms with Gasteiger partial charge in [-0.2, -0.15) is 4.98 Å². The highest BCUT2D eigenvalue weighted by atomic mass is 32.1. The molecule has 5 aromatic rings. The smallest absolute Gasteiger partial charge is 0.206 e. The first kappa shape index (κ1) is 18.5. The lowest BCUT2D eigenvalue weighted by Crippen LogP contribution is -2.08. The van der Waals surface area contributed by atoms with Crippen molar-refractivity contribution in [1.29, 1.82) is 0 Å². The zero-order chi connectivity index (χ0) is 20.5. The summed E-state index contributed by atoms with van der Waals surface area (Å²) >= 11 is 1.62. The van der Waals surface area contributed by atoms with Gasteiger partial charge in [0.25, 0.3) is 0 Å². The van der Waals surface area contributed by atoms with Gasteiger partial charge in [0.1, 0.15) is 10.8 Å². The van der Waals surface area contributed by atoms with Crippen LogP contribution in [0.5, 0.6) is 0 Å². The number of thiazole rings is 1. The number of anilines is 1. The van der Waals surface area contributed by atoms with E-state index in [1.807, 2.05) is 49.8 Å². The first-order valence-electron chi connectivity index (χ1n) is 9.65. The van der Waals surface area contributed by atoms with Crippen LogP contribution in [-0.4, -0.2) is 24.7 Å². The summed E-state index contributed by atoms with van der Waals surface area (Å²) in [6.45, 7) is 5.16. The van der Waals surface area contributed by atoms with Crippen LogP contribution in [-0.2, 0) is 13.1 Å². The maximum absolute atomic E-state index is 5.35. The van der Waals surface area contributed by atoms with Gasteiger partial charge in [-0.25, -0.2) is 9.97 Å². The summed E-state index contributed by atoms with van der Waals surface area (Å²) in [5.41, 5.74) is 5.65. The molecule has 1 aromatic carbocycles. The molecule has 0 amide bonds. The van der Waals surface area contributed by atoms with E-state index in [9.17, 15) is 0 Å². The molecule has 8 heteroatoms. The second-order valence-electron chi connectivity index (χ2n) is 7.05. The van der Waals surface area contributed by atoms with Gasteiger partial charge in [0.05, 0.1) is 24.3 Å². The van der Waals surface area contributed by atoms with E-state index in [2.05, 4.69) is 43.2 Å². The van der Waals surface area contributed by atoms with Gasteiger partial charge < -0.3 is 14.4 Å². The topological polar surface area (TPSA) is 81.7 Å². The van der Waals surface area contributed by atoms with Crippen LogP contribution in [0.25, 0.3) is 22.3 Å². The molecule has 0 saturated carbocycles. The van der Waals surface area contributed by atoms with Crippen LogP contribution in [0.15, 0.2) is 58.7 Å². The Hall–Kier alpha value is -3.52. The van der Waals surface area contributed by atoms with Crippen molar-refractivity contribution in [2.45, 2.75) is 26.9 Å². The number of rotatable bonds is 6. The molecule has 0 unspecified atom stereocenters. The monoisotopic (exact) mass is 416 g/mol. The number of nitrogens with one attached hydrogen (secondary N) is 1. The Kier molecular flexibility index (Phi) is 4.76. The van der Waals surface area contributed by atoms with Gasteiger partial charge in [0.15, 0.2) is 5.65 Å². The summed E-state index contributed by atoms with van der Waals surface area (Å²) in [6.07, 6.45) is 3.64. The predicted molar refractivity (Wildman–Crippen MR) is 117 cm³/mol. The van der Waals surface area contributed by atoms with E-state index in [-0.39, 0.29) is 0 Å². The van der Waals surface area contributed by atoms with Gasteiger partial charge in [0, 0.05) is 28.9 Å². The van der Waals surface area contributed by atoms with Crippen molar-refractivity contribution in [3.05, 3.63) is 76.2 Å². The van der Waals surface area contributed by atoms with Crippen LogP contribution in [0.2, 0.25) is 0 Å². The molecule has 0 spiro atoms. The van der Waals surface area contributed by atoms with Gasteiger partial charge in [-0.15, -0.1) is 11.3 Å². The van der Waals surface area contributed by atoms with Crippen LogP contribution in [0.3, 0.4) is 0 Å². The fourth-order valence-electron chi connectivity index (χ4n) is 3.59. The first-order valence-corrected chi connectivity index (χ1v) is 10.5. The molecule has 1 N–H and O–H groups in total. The molecule has 4 heterocycles. The fourth-order valence-corrected chi connectivity index (χ4v) is 4.15. The zero-order valence-corrected chi connectivity index (χ0v) is 17.5. The third-order valence-corrected chi connectivity index (χ3v) is 5.77. The van der Waals surface area contributed by atoms with Crippen LogP contribution >= 0.6 is 11.3 Å². The molecule has 0 fully saturated rings. The minimum Gasteiger partial charge on any atom is -0.361 e. The van der Waals surface area contributed by atoms with Crippen LogP contribution in [0, 0.1) is 13.8 Å². The SMILES string of the molecule is Cc1noc(C)c1-c1cnc2nc(NCc3nccs3)n(Cc3ccccc3)c2c1. The second-order valence-corrected chi connectivity index (χ2v) is 8.03. The highest BCUT2D eigenvalue weighted by Crippen LogP contribution is 2.30. The van der Waals surface area contributed by atoms with Crippen molar-refractivity contribution in [2.75, 3.05) is 5.32 Å². The van der Waals surface area contributed by atoms with Gasteiger partial charge in [-0.05, 0) is 25.5 Å². The van der Waals surface area contributed by atoms with Crippen molar-refractivity contribution in [1.82, 2.24) is 24.7 Å². The number of benzene rings is 1. The minimum atomic E-state index is 0.618. The third-order valence-electron chi connectivity index (χ3n) is 4.99. The Labute approximate surface area is 177 Å². The summed E-state index contributed by atoms with van der Waals surface area (Å²) in [5, 5.41) is 10.5. The summed E-state index contributed by atoms with van der Waals surface area (Å²) < 4.78 is 7.51. The molecule has 0 aliphatic heterocycles. The molecule has 0 bridgehead atoms. The quantitative estimate of drug-likeness (QED) is 0.427. The average Bonchev–Trinajstić information content (AvgIpc) is 3.47. The Morgan fingerprint density at radius 3 is 2.73 bits per heavy atom. The molecule has 4 aromatic heterocycles. The second kappa shape index (κ2) is 7.72. The van der Waals surface area contributed by atoms with Crippen LogP contribution in [0.4, 0.5) is 5.95 Å². The number of hydrogen-bond acceptors (Lipinski definition) is 7. The lowest BCUT2D eigenvalue weighted by atomic mass is 10.1. The van der Waals surface area contributed by atoms with Crippen LogP contribution in [0.1, 0.15) is 22.0 Å². The largest absolute Gasteiger partial charge is 0.361 e. The van der Waals surface area contributed by atoms with Gasteiger partial charge >= 0.3 is 0 Å². The number of hydrogen-bond donors (Lipinski definition) is 1. The molecule has 150 valence electrons. The molecular formula is C22H20N6OS. The maximum Gasteiger partial charge on any atom is 0.206 e. The molecule has 0 atom stereocenters. The molecule has 30 heavy (non-hydrogen) atoms. The van der Waals surface area contributed by atoms with E-state index in [0.29, 0.717) is 18.7 Å². The number of pyridine rings is 1. The maximum atomic E-state index is 5.35. The third kappa shape index (κ3) is 3.46. The fraction of sp³-hybridized carbons (Fsp3) is 0.182. The normalized spacial score (nSPS) is 11.3. The number of aryl methyl sites for hydroxylation is 2. The summed E-state index contributed by atoms with van der Waals surface area (Å²) in [7, 11) is 0. The van der Waals surface area contributed by atoms with Gasteiger partial charge in [-0.1, -0.05) is 35.5 Å². The number of nitrogens with zero attached hydrogens (tertiary/aromatic N) is 5. The highest BCUT2D eigenvalue weighted by Gasteiger charge is 2.17.